The highest BCUT2D eigenvalue weighted by molar-refractivity contribution is 5.92. The van der Waals surface area contributed by atoms with Gasteiger partial charge >= 0.3 is 5.97 Å². The first-order chi connectivity index (χ1) is 16.7. The smallest absolute Gasteiger partial charge is 0.335 e. The van der Waals surface area contributed by atoms with E-state index in [0.29, 0.717) is 35.4 Å². The van der Waals surface area contributed by atoms with Crippen molar-refractivity contribution < 1.29 is 29.0 Å². The quantitative estimate of drug-likeness (QED) is 0.180. The van der Waals surface area contributed by atoms with Gasteiger partial charge in [-0.2, -0.15) is 0 Å². The van der Waals surface area contributed by atoms with E-state index in [0.717, 1.165) is 11.3 Å². The predicted octanol–water partition coefficient (Wildman–Crippen LogP) is 3.69. The molecule has 0 radical (unpaired) electrons. The second kappa shape index (κ2) is 12.1. The van der Waals surface area contributed by atoms with Crippen LogP contribution < -0.4 is 15.4 Å². The Labute approximate surface area is 205 Å². The van der Waals surface area contributed by atoms with Crippen LogP contribution >= 0.6 is 0 Å². The summed E-state index contributed by atoms with van der Waals surface area (Å²) in [5.41, 5.74) is 1.84. The van der Waals surface area contributed by atoms with Crippen molar-refractivity contribution in [1.82, 2.24) is 5.32 Å². The maximum Gasteiger partial charge on any atom is 0.335 e. The van der Waals surface area contributed by atoms with Crippen LogP contribution in [0.5, 0.6) is 11.5 Å². The van der Waals surface area contributed by atoms with Gasteiger partial charge in [-0.3, -0.25) is 9.28 Å². The number of hydrogen-bond donors (Lipinski definition) is 4. The van der Waals surface area contributed by atoms with Gasteiger partial charge in [0.15, 0.2) is 6.23 Å². The number of quaternary nitrogens is 1. The molecule has 0 aromatic heterocycles. The highest BCUT2D eigenvalue weighted by Crippen LogP contribution is 2.22. The third-order valence-corrected chi connectivity index (χ3v) is 5.58. The van der Waals surface area contributed by atoms with Crippen molar-refractivity contribution in [2.75, 3.05) is 32.5 Å². The number of carboxylic acids is 1. The van der Waals surface area contributed by atoms with E-state index in [1.54, 1.807) is 48.5 Å². The normalized spacial score (nSPS) is 12.1. The number of hydrogen-bond acceptors (Lipinski definition) is 5. The maximum absolute atomic E-state index is 12.2. The Morgan fingerprint density at radius 1 is 0.914 bits per heavy atom. The number of para-hydroxylation sites is 1. The third kappa shape index (κ3) is 8.22. The van der Waals surface area contributed by atoms with Crippen LogP contribution in [0, 0.1) is 0 Å². The number of anilines is 1. The van der Waals surface area contributed by atoms with Gasteiger partial charge in [0.2, 0.25) is 5.91 Å². The lowest BCUT2D eigenvalue weighted by Crippen LogP contribution is -2.49. The number of aliphatic hydroxyl groups excluding tert-OH is 1. The number of carbonyl (C=O) groups excluding carboxylic acids is 1. The van der Waals surface area contributed by atoms with Crippen molar-refractivity contribution in [1.29, 1.82) is 0 Å². The number of amides is 1. The van der Waals surface area contributed by atoms with Crippen LogP contribution in [0.15, 0.2) is 78.9 Å². The molecule has 0 heterocycles. The number of carbonyl (C=O) groups is 2. The molecule has 3 aromatic carbocycles. The van der Waals surface area contributed by atoms with Gasteiger partial charge in [-0.25, -0.2) is 4.79 Å². The van der Waals surface area contributed by atoms with Crippen LogP contribution in [0.1, 0.15) is 22.3 Å². The first kappa shape index (κ1) is 25.9. The summed E-state index contributed by atoms with van der Waals surface area (Å²) in [5, 5.41) is 25.5. The molecule has 0 saturated heterocycles. The van der Waals surface area contributed by atoms with E-state index in [-0.39, 0.29) is 18.0 Å². The average molecular weight is 479 g/mol. The van der Waals surface area contributed by atoms with Gasteiger partial charge in [-0.1, -0.05) is 30.3 Å². The molecule has 0 aliphatic carbocycles. The second-order valence-corrected chi connectivity index (χ2v) is 8.87. The number of aliphatic hydroxyl groups is 1. The lowest BCUT2D eigenvalue weighted by Gasteiger charge is -2.34. The summed E-state index contributed by atoms with van der Waals surface area (Å²) < 4.78 is 6.06. The van der Waals surface area contributed by atoms with E-state index >= 15 is 0 Å². The topological polar surface area (TPSA) is 108 Å². The fraction of sp³-hybridized carbons (Fsp3) is 0.259. The Kier molecular flexibility index (Phi) is 8.97. The summed E-state index contributed by atoms with van der Waals surface area (Å²) in [6.45, 7) is 1.14. The van der Waals surface area contributed by atoms with Crippen molar-refractivity contribution in [3.63, 3.8) is 0 Å². The Morgan fingerprint density at radius 2 is 1.54 bits per heavy atom. The van der Waals surface area contributed by atoms with E-state index in [1.165, 1.54) is 0 Å². The summed E-state index contributed by atoms with van der Waals surface area (Å²) in [5.74, 6) is 0.284. The largest absolute Gasteiger partial charge is 0.478 e. The zero-order valence-corrected chi connectivity index (χ0v) is 20.0. The molecule has 184 valence electrons. The van der Waals surface area contributed by atoms with Gasteiger partial charge < -0.3 is 25.6 Å². The van der Waals surface area contributed by atoms with Gasteiger partial charge in [0.05, 0.1) is 26.2 Å². The van der Waals surface area contributed by atoms with Crippen molar-refractivity contribution in [2.45, 2.75) is 19.2 Å². The van der Waals surface area contributed by atoms with Gasteiger partial charge in [0.1, 0.15) is 18.0 Å². The minimum Gasteiger partial charge on any atom is -0.478 e. The zero-order valence-electron chi connectivity index (χ0n) is 20.0. The van der Waals surface area contributed by atoms with E-state index in [2.05, 4.69) is 10.6 Å². The molecule has 35 heavy (non-hydrogen) atoms. The fourth-order valence-corrected chi connectivity index (χ4v) is 3.55. The molecule has 3 rings (SSSR count). The van der Waals surface area contributed by atoms with Gasteiger partial charge in [-0.05, 0) is 48.5 Å². The predicted molar refractivity (Wildman–Crippen MR) is 134 cm³/mol. The first-order valence-electron chi connectivity index (χ1n) is 11.4. The molecule has 4 N–H and O–H groups in total. The molecule has 0 saturated carbocycles. The number of carboxylic acid groups (broad SMARTS) is 1. The second-order valence-electron chi connectivity index (χ2n) is 8.87. The van der Waals surface area contributed by atoms with E-state index in [9.17, 15) is 14.7 Å². The number of nitrogens with one attached hydrogen (secondary N) is 2. The highest BCUT2D eigenvalue weighted by atomic mass is 16.5. The number of ether oxygens (including phenoxy) is 1. The molecule has 1 unspecified atom stereocenters. The minimum absolute atomic E-state index is 0.124. The molecule has 0 bridgehead atoms. The summed E-state index contributed by atoms with van der Waals surface area (Å²) in [7, 11) is 3.82. The number of aromatic carboxylic acids is 1. The molecule has 0 spiro atoms. The zero-order chi connectivity index (χ0) is 25.3. The molecular weight excluding hydrogens is 446 g/mol. The van der Waals surface area contributed by atoms with Crippen LogP contribution in [0.4, 0.5) is 5.69 Å². The van der Waals surface area contributed by atoms with E-state index in [1.807, 2.05) is 44.4 Å². The Bertz CT molecular complexity index is 1100. The van der Waals surface area contributed by atoms with Crippen LogP contribution in [-0.4, -0.2) is 60.0 Å². The number of rotatable bonds is 12. The minimum atomic E-state index is -0.963. The fourth-order valence-electron chi connectivity index (χ4n) is 3.55. The molecule has 8 heteroatoms. The monoisotopic (exact) mass is 478 g/mol. The molecule has 8 nitrogen and oxygen atoms in total. The van der Waals surface area contributed by atoms with Crippen LogP contribution in [0.25, 0.3) is 0 Å². The molecule has 3 aromatic rings. The third-order valence-electron chi connectivity index (χ3n) is 5.58. The molecule has 0 aliphatic heterocycles. The van der Waals surface area contributed by atoms with Crippen LogP contribution in [-0.2, 0) is 11.3 Å². The highest BCUT2D eigenvalue weighted by Gasteiger charge is 2.26. The van der Waals surface area contributed by atoms with Crippen molar-refractivity contribution in [3.05, 3.63) is 90.0 Å². The summed E-state index contributed by atoms with van der Waals surface area (Å²) in [6, 6.07) is 23.3. The lowest BCUT2D eigenvalue weighted by atomic mass is 10.1. The summed E-state index contributed by atoms with van der Waals surface area (Å²) >= 11 is 0. The maximum atomic E-state index is 12.2. The molecule has 0 fully saturated rings. The molecule has 1 atom stereocenters. The first-order valence-corrected chi connectivity index (χ1v) is 11.4. The molecule has 0 aliphatic rings. The van der Waals surface area contributed by atoms with Crippen LogP contribution in [0.3, 0.4) is 0 Å². The molecular formula is C27H32N3O5+. The average Bonchev–Trinajstić information content (AvgIpc) is 2.83. The SMILES string of the molecule is C[N+](C)(Cc1ccc(C(=O)O)cc1)C(O)CCNCC(=O)Nc1ccc(Oc2ccccc2)cc1. The Hall–Kier alpha value is -3.72. The van der Waals surface area contributed by atoms with Gasteiger partial charge in [-0.15, -0.1) is 0 Å². The summed E-state index contributed by atoms with van der Waals surface area (Å²) in [6.07, 6.45) is -0.194. The lowest BCUT2D eigenvalue weighted by molar-refractivity contribution is -0.949. The van der Waals surface area contributed by atoms with Gasteiger partial charge in [0.25, 0.3) is 0 Å². The van der Waals surface area contributed by atoms with E-state index in [4.69, 9.17) is 9.84 Å². The number of nitrogens with zero attached hydrogens (tertiary/aromatic N) is 1. The van der Waals surface area contributed by atoms with Crippen LogP contribution in [0.2, 0.25) is 0 Å². The van der Waals surface area contributed by atoms with Gasteiger partial charge in [0, 0.05) is 24.2 Å². The van der Waals surface area contributed by atoms with E-state index < -0.39 is 12.2 Å². The summed E-state index contributed by atoms with van der Waals surface area (Å²) in [4.78, 5) is 23.2. The van der Waals surface area contributed by atoms with Crippen molar-refractivity contribution in [2.24, 2.45) is 0 Å². The van der Waals surface area contributed by atoms with Crippen molar-refractivity contribution in [3.8, 4) is 11.5 Å². The number of benzene rings is 3. The standard InChI is InChI=1S/C27H31N3O5/c1-30(2,19-20-8-10-21(11-9-20)27(33)34)26(32)16-17-28-18-25(31)29-22-12-14-24(15-13-22)35-23-6-4-3-5-7-23/h3-15,26,28,32H,16-19H2,1-2H3,(H-,29,31,33,34)/p+1. The Balaban J connectivity index is 1.37. The Morgan fingerprint density at radius 3 is 2.17 bits per heavy atom. The van der Waals surface area contributed by atoms with Crippen molar-refractivity contribution >= 4 is 17.6 Å². The molecule has 1 amide bonds.